The number of amides is 1. The van der Waals surface area contributed by atoms with E-state index in [1.165, 1.54) is 12.1 Å². The highest BCUT2D eigenvalue weighted by Crippen LogP contribution is 2.21. The van der Waals surface area contributed by atoms with Gasteiger partial charge in [-0.2, -0.15) is 5.26 Å². The fraction of sp³-hybridized carbons (Fsp3) is 0.250. The number of carboxylic acid groups (broad SMARTS) is 1. The largest absolute Gasteiger partial charge is 0.492 e. The number of hydrogen-bond acceptors (Lipinski definition) is 5. The van der Waals surface area contributed by atoms with E-state index < -0.39 is 11.9 Å². The van der Waals surface area contributed by atoms with E-state index in [0.717, 1.165) is 0 Å². The zero-order valence-corrected chi connectivity index (χ0v) is 15.2. The van der Waals surface area contributed by atoms with Crippen molar-refractivity contribution in [1.29, 1.82) is 5.26 Å². The van der Waals surface area contributed by atoms with Gasteiger partial charge in [0.15, 0.2) is 0 Å². The monoisotopic (exact) mass is 367 g/mol. The molecule has 0 saturated heterocycles. The molecule has 0 aliphatic carbocycles. The van der Waals surface area contributed by atoms with Gasteiger partial charge in [-0.15, -0.1) is 0 Å². The van der Waals surface area contributed by atoms with Crippen LogP contribution in [0.25, 0.3) is 0 Å². The number of benzene rings is 2. The molecule has 0 aromatic heterocycles. The summed E-state index contributed by atoms with van der Waals surface area (Å²) in [7, 11) is 0. The minimum absolute atomic E-state index is 0.0137. The number of carboxylic acids is 1. The van der Waals surface area contributed by atoms with Crippen molar-refractivity contribution >= 4 is 17.6 Å². The number of nitrogens with one attached hydrogen (secondary N) is 1. The first-order valence-electron chi connectivity index (χ1n) is 8.39. The molecule has 140 valence electrons. The van der Waals surface area contributed by atoms with Gasteiger partial charge >= 0.3 is 5.97 Å². The quantitative estimate of drug-likeness (QED) is 0.646. The topological polar surface area (TPSA) is 125 Å². The van der Waals surface area contributed by atoms with Crippen LogP contribution in [0.1, 0.15) is 45.7 Å². The summed E-state index contributed by atoms with van der Waals surface area (Å²) in [5.74, 6) is -0.786. The van der Waals surface area contributed by atoms with E-state index in [0.29, 0.717) is 29.4 Å². The Kier molecular flexibility index (Phi) is 6.39. The fourth-order valence-corrected chi connectivity index (χ4v) is 2.37. The standard InChI is InChI=1S/C20H21N3O4/c1-12(2)11-27-17-7-6-13(8-15(17)9-21)19(24)23-10-14-4-3-5-16(18(14)22)20(25)26/h3-8,12H,10-11,22H2,1-2H3,(H,23,24)(H,25,26). The van der Waals surface area contributed by atoms with Crippen molar-refractivity contribution in [1.82, 2.24) is 5.32 Å². The summed E-state index contributed by atoms with van der Waals surface area (Å²) < 4.78 is 5.58. The van der Waals surface area contributed by atoms with Crippen molar-refractivity contribution in [2.75, 3.05) is 12.3 Å². The normalized spacial score (nSPS) is 10.3. The first kappa shape index (κ1) is 19.8. The number of aromatic carboxylic acids is 1. The van der Waals surface area contributed by atoms with Crippen molar-refractivity contribution in [3.8, 4) is 11.8 Å². The van der Waals surface area contributed by atoms with Gasteiger partial charge in [0.1, 0.15) is 11.8 Å². The number of nitrogens with zero attached hydrogens (tertiary/aromatic N) is 1. The van der Waals surface area contributed by atoms with Gasteiger partial charge in [-0.25, -0.2) is 4.79 Å². The number of nitriles is 1. The summed E-state index contributed by atoms with van der Waals surface area (Å²) in [6.45, 7) is 4.54. The Morgan fingerprint density at radius 1 is 1.30 bits per heavy atom. The smallest absolute Gasteiger partial charge is 0.337 e. The summed E-state index contributed by atoms with van der Waals surface area (Å²) in [5, 5.41) is 21.1. The maximum Gasteiger partial charge on any atom is 0.337 e. The predicted octanol–water partition coefficient (Wildman–Crippen LogP) is 2.80. The number of nitrogens with two attached hydrogens (primary N) is 1. The van der Waals surface area contributed by atoms with E-state index in [1.54, 1.807) is 24.3 Å². The molecule has 7 nitrogen and oxygen atoms in total. The first-order valence-corrected chi connectivity index (χ1v) is 8.39. The Labute approximate surface area is 157 Å². The average molecular weight is 367 g/mol. The van der Waals surface area contributed by atoms with Crippen LogP contribution in [-0.4, -0.2) is 23.6 Å². The minimum atomic E-state index is -1.13. The molecule has 2 aromatic rings. The highest BCUT2D eigenvalue weighted by Gasteiger charge is 2.14. The molecule has 0 saturated carbocycles. The third-order valence-electron chi connectivity index (χ3n) is 3.80. The lowest BCUT2D eigenvalue weighted by Crippen LogP contribution is -2.24. The summed E-state index contributed by atoms with van der Waals surface area (Å²) in [6, 6.07) is 11.3. The van der Waals surface area contributed by atoms with Gasteiger partial charge in [-0.3, -0.25) is 4.79 Å². The van der Waals surface area contributed by atoms with Crippen molar-refractivity contribution < 1.29 is 19.4 Å². The molecule has 1 amide bonds. The van der Waals surface area contributed by atoms with Crippen LogP contribution in [-0.2, 0) is 6.54 Å². The van der Waals surface area contributed by atoms with Gasteiger partial charge in [0.2, 0.25) is 0 Å². The van der Waals surface area contributed by atoms with Gasteiger partial charge < -0.3 is 20.9 Å². The number of carbonyl (C=O) groups excluding carboxylic acids is 1. The fourth-order valence-electron chi connectivity index (χ4n) is 2.37. The van der Waals surface area contributed by atoms with Crippen LogP contribution in [0, 0.1) is 17.2 Å². The zero-order chi connectivity index (χ0) is 20.0. The zero-order valence-electron chi connectivity index (χ0n) is 15.2. The second-order valence-corrected chi connectivity index (χ2v) is 6.39. The summed E-state index contributed by atoms with van der Waals surface area (Å²) >= 11 is 0. The van der Waals surface area contributed by atoms with Crippen molar-refractivity contribution in [3.05, 3.63) is 58.7 Å². The molecule has 0 heterocycles. The van der Waals surface area contributed by atoms with E-state index in [1.807, 2.05) is 19.9 Å². The lowest BCUT2D eigenvalue weighted by Gasteiger charge is -2.12. The third-order valence-corrected chi connectivity index (χ3v) is 3.80. The maximum atomic E-state index is 12.4. The molecule has 0 bridgehead atoms. The molecule has 4 N–H and O–H groups in total. The number of ether oxygens (including phenoxy) is 1. The number of carbonyl (C=O) groups is 2. The van der Waals surface area contributed by atoms with Crippen molar-refractivity contribution in [3.63, 3.8) is 0 Å². The molecule has 27 heavy (non-hydrogen) atoms. The Balaban J connectivity index is 2.12. The van der Waals surface area contributed by atoms with Gasteiger partial charge in [0, 0.05) is 12.1 Å². The third kappa shape index (κ3) is 4.98. The molecule has 2 rings (SSSR count). The van der Waals surface area contributed by atoms with Crippen LogP contribution < -0.4 is 15.8 Å². The SMILES string of the molecule is CC(C)COc1ccc(C(=O)NCc2cccc(C(=O)O)c2N)cc1C#N. The van der Waals surface area contributed by atoms with Crippen molar-refractivity contribution in [2.45, 2.75) is 20.4 Å². The van der Waals surface area contributed by atoms with E-state index in [9.17, 15) is 14.9 Å². The molecule has 0 spiro atoms. The van der Waals surface area contributed by atoms with E-state index >= 15 is 0 Å². The molecule has 0 radical (unpaired) electrons. The van der Waals surface area contributed by atoms with Gasteiger partial charge in [-0.1, -0.05) is 26.0 Å². The highest BCUT2D eigenvalue weighted by molar-refractivity contribution is 5.96. The molecule has 0 aliphatic rings. The molecular formula is C20H21N3O4. The van der Waals surface area contributed by atoms with E-state index in [-0.39, 0.29) is 23.4 Å². The molecule has 0 atom stereocenters. The first-order chi connectivity index (χ1) is 12.8. The summed E-state index contributed by atoms with van der Waals surface area (Å²) in [6.07, 6.45) is 0. The second-order valence-electron chi connectivity index (χ2n) is 6.39. The van der Waals surface area contributed by atoms with Crippen molar-refractivity contribution in [2.24, 2.45) is 5.92 Å². The van der Waals surface area contributed by atoms with Gasteiger partial charge in [0.25, 0.3) is 5.91 Å². The van der Waals surface area contributed by atoms with E-state index in [2.05, 4.69) is 5.32 Å². The summed E-state index contributed by atoms with van der Waals surface area (Å²) in [4.78, 5) is 23.5. The van der Waals surface area contributed by atoms with Crippen LogP contribution in [0.3, 0.4) is 0 Å². The van der Waals surface area contributed by atoms with Gasteiger partial charge in [-0.05, 0) is 35.7 Å². The number of para-hydroxylation sites is 1. The molecule has 0 aliphatic heterocycles. The maximum absolute atomic E-state index is 12.4. The number of anilines is 1. The molecular weight excluding hydrogens is 346 g/mol. The van der Waals surface area contributed by atoms with Crippen LogP contribution in [0.15, 0.2) is 36.4 Å². The highest BCUT2D eigenvalue weighted by atomic mass is 16.5. The Morgan fingerprint density at radius 3 is 2.67 bits per heavy atom. The molecule has 0 fully saturated rings. The van der Waals surface area contributed by atoms with Crippen LogP contribution in [0.5, 0.6) is 5.75 Å². The number of rotatable bonds is 7. The molecule has 7 heteroatoms. The lowest BCUT2D eigenvalue weighted by atomic mass is 10.1. The number of nitrogen functional groups attached to an aromatic ring is 1. The van der Waals surface area contributed by atoms with Crippen LogP contribution in [0.4, 0.5) is 5.69 Å². The second kappa shape index (κ2) is 8.72. The average Bonchev–Trinajstić information content (AvgIpc) is 2.64. The number of hydrogen-bond donors (Lipinski definition) is 3. The Hall–Kier alpha value is -3.53. The lowest BCUT2D eigenvalue weighted by molar-refractivity contribution is 0.0697. The predicted molar refractivity (Wildman–Crippen MR) is 100 cm³/mol. The van der Waals surface area contributed by atoms with E-state index in [4.69, 9.17) is 15.6 Å². The Bertz CT molecular complexity index is 901. The summed E-state index contributed by atoms with van der Waals surface area (Å²) in [5.41, 5.74) is 7.02. The van der Waals surface area contributed by atoms with Gasteiger partial charge in [0.05, 0.1) is 23.4 Å². The minimum Gasteiger partial charge on any atom is -0.492 e. The molecule has 0 unspecified atom stereocenters. The molecule has 2 aromatic carbocycles. The Morgan fingerprint density at radius 2 is 2.04 bits per heavy atom. The van der Waals surface area contributed by atoms with Crippen LogP contribution in [0.2, 0.25) is 0 Å². The van der Waals surface area contributed by atoms with Crippen LogP contribution >= 0.6 is 0 Å².